The molecule has 1 N–H and O–H groups in total. The molecule has 24 heavy (non-hydrogen) atoms. The number of hydrogen-bond donors (Lipinski definition) is 1. The quantitative estimate of drug-likeness (QED) is 0.718. The zero-order valence-electron chi connectivity index (χ0n) is 15.2. The van der Waals surface area contributed by atoms with E-state index in [-0.39, 0.29) is 12.1 Å². The first-order valence-electron chi connectivity index (χ1n) is 9.32. The molecule has 2 amide bonds. The van der Waals surface area contributed by atoms with Crippen LogP contribution in [-0.4, -0.2) is 37.7 Å². The van der Waals surface area contributed by atoms with Gasteiger partial charge in [0.1, 0.15) is 0 Å². The summed E-state index contributed by atoms with van der Waals surface area (Å²) in [6, 6.07) is 10.3. The SMILES string of the molecule is CC(OCCCNC(=O)N(C)CC1CCCCC1)c1ccccc1. The summed E-state index contributed by atoms with van der Waals surface area (Å²) in [5, 5.41) is 2.99. The molecular formula is C20H32N2O2. The van der Waals surface area contributed by atoms with Crippen LogP contribution >= 0.6 is 0 Å². The molecule has 134 valence electrons. The van der Waals surface area contributed by atoms with Crippen LogP contribution in [0.3, 0.4) is 0 Å². The lowest BCUT2D eigenvalue weighted by Gasteiger charge is -2.27. The molecule has 0 spiro atoms. The predicted molar refractivity (Wildman–Crippen MR) is 98.0 cm³/mol. The highest BCUT2D eigenvalue weighted by Crippen LogP contribution is 2.24. The van der Waals surface area contributed by atoms with E-state index in [2.05, 4.69) is 24.4 Å². The molecule has 1 aromatic rings. The molecule has 1 fully saturated rings. The van der Waals surface area contributed by atoms with Gasteiger partial charge in [-0.3, -0.25) is 0 Å². The Balaban J connectivity index is 1.55. The second-order valence-corrected chi connectivity index (χ2v) is 6.89. The number of hydrogen-bond acceptors (Lipinski definition) is 2. The van der Waals surface area contributed by atoms with E-state index < -0.39 is 0 Å². The van der Waals surface area contributed by atoms with E-state index in [1.54, 1.807) is 0 Å². The van der Waals surface area contributed by atoms with Gasteiger partial charge in [0.15, 0.2) is 0 Å². The van der Waals surface area contributed by atoms with Gasteiger partial charge >= 0.3 is 6.03 Å². The third-order valence-electron chi connectivity index (χ3n) is 4.84. The van der Waals surface area contributed by atoms with Gasteiger partial charge < -0.3 is 15.0 Å². The summed E-state index contributed by atoms with van der Waals surface area (Å²) in [6.45, 7) is 4.26. The highest BCUT2D eigenvalue weighted by atomic mass is 16.5. The zero-order chi connectivity index (χ0) is 17.2. The van der Waals surface area contributed by atoms with Crippen LogP contribution in [0.2, 0.25) is 0 Å². The van der Waals surface area contributed by atoms with Crippen LogP contribution in [-0.2, 0) is 4.74 Å². The van der Waals surface area contributed by atoms with Gasteiger partial charge in [0.25, 0.3) is 0 Å². The van der Waals surface area contributed by atoms with E-state index in [1.807, 2.05) is 30.1 Å². The molecule has 0 aromatic heterocycles. The predicted octanol–water partition coefficient (Wildman–Crippen LogP) is 4.38. The minimum Gasteiger partial charge on any atom is -0.374 e. The van der Waals surface area contributed by atoms with Crippen molar-refractivity contribution in [2.75, 3.05) is 26.7 Å². The van der Waals surface area contributed by atoms with E-state index in [1.165, 1.54) is 37.7 Å². The van der Waals surface area contributed by atoms with Crippen LogP contribution in [0.25, 0.3) is 0 Å². The van der Waals surface area contributed by atoms with Gasteiger partial charge in [-0.05, 0) is 37.7 Å². The Bertz CT molecular complexity index is 472. The average molecular weight is 332 g/mol. The van der Waals surface area contributed by atoms with Crippen molar-refractivity contribution in [1.29, 1.82) is 0 Å². The number of carbonyl (C=O) groups excluding carboxylic acids is 1. The minimum absolute atomic E-state index is 0.0386. The zero-order valence-corrected chi connectivity index (χ0v) is 15.2. The normalized spacial score (nSPS) is 16.6. The fraction of sp³-hybridized carbons (Fsp3) is 0.650. The number of benzene rings is 1. The first-order chi connectivity index (χ1) is 11.7. The van der Waals surface area contributed by atoms with E-state index in [0.29, 0.717) is 19.1 Å². The van der Waals surface area contributed by atoms with Crippen LogP contribution in [0.15, 0.2) is 30.3 Å². The van der Waals surface area contributed by atoms with Gasteiger partial charge in [0, 0.05) is 26.7 Å². The van der Waals surface area contributed by atoms with Gasteiger partial charge in [0.2, 0.25) is 0 Å². The molecule has 0 aliphatic heterocycles. The Kier molecular flexibility index (Phi) is 8.10. The monoisotopic (exact) mass is 332 g/mol. The van der Waals surface area contributed by atoms with Crippen molar-refractivity contribution in [1.82, 2.24) is 10.2 Å². The van der Waals surface area contributed by atoms with Crippen LogP contribution in [0.1, 0.15) is 57.1 Å². The molecule has 1 aliphatic rings. The van der Waals surface area contributed by atoms with Crippen molar-refractivity contribution in [2.45, 2.75) is 51.6 Å². The highest BCUT2D eigenvalue weighted by Gasteiger charge is 2.17. The summed E-state index contributed by atoms with van der Waals surface area (Å²) >= 11 is 0. The highest BCUT2D eigenvalue weighted by molar-refractivity contribution is 5.73. The molecule has 2 rings (SSSR count). The summed E-state index contributed by atoms with van der Waals surface area (Å²) in [5.41, 5.74) is 1.19. The summed E-state index contributed by atoms with van der Waals surface area (Å²) in [4.78, 5) is 13.9. The van der Waals surface area contributed by atoms with E-state index >= 15 is 0 Å². The Hall–Kier alpha value is -1.55. The largest absolute Gasteiger partial charge is 0.374 e. The molecule has 0 radical (unpaired) electrons. The van der Waals surface area contributed by atoms with Crippen LogP contribution in [0, 0.1) is 5.92 Å². The Morgan fingerprint density at radius 1 is 1.25 bits per heavy atom. The molecule has 1 saturated carbocycles. The van der Waals surface area contributed by atoms with Crippen molar-refractivity contribution in [2.24, 2.45) is 5.92 Å². The van der Waals surface area contributed by atoms with Crippen LogP contribution in [0.4, 0.5) is 4.79 Å². The fourth-order valence-electron chi connectivity index (χ4n) is 3.32. The smallest absolute Gasteiger partial charge is 0.317 e. The lowest BCUT2D eigenvalue weighted by molar-refractivity contribution is 0.0642. The third kappa shape index (κ3) is 6.52. The molecule has 1 aliphatic carbocycles. The van der Waals surface area contributed by atoms with Gasteiger partial charge in [-0.2, -0.15) is 0 Å². The Morgan fingerprint density at radius 3 is 2.67 bits per heavy atom. The van der Waals surface area contributed by atoms with E-state index in [9.17, 15) is 4.79 Å². The second-order valence-electron chi connectivity index (χ2n) is 6.89. The maximum atomic E-state index is 12.1. The van der Waals surface area contributed by atoms with Gasteiger partial charge in [-0.25, -0.2) is 4.79 Å². The summed E-state index contributed by atoms with van der Waals surface area (Å²) in [5.74, 6) is 0.685. The van der Waals surface area contributed by atoms with Crippen molar-refractivity contribution in [3.63, 3.8) is 0 Å². The lowest BCUT2D eigenvalue weighted by Crippen LogP contribution is -2.40. The van der Waals surface area contributed by atoms with E-state index in [4.69, 9.17) is 4.74 Å². The van der Waals surface area contributed by atoms with Crippen molar-refractivity contribution < 1.29 is 9.53 Å². The maximum Gasteiger partial charge on any atom is 0.317 e. The van der Waals surface area contributed by atoms with Crippen molar-refractivity contribution in [3.8, 4) is 0 Å². The molecule has 0 bridgehead atoms. The number of amides is 2. The first kappa shape index (κ1) is 18.8. The van der Waals surface area contributed by atoms with Crippen LogP contribution < -0.4 is 5.32 Å². The second kappa shape index (κ2) is 10.3. The summed E-state index contributed by atoms with van der Waals surface area (Å²) in [7, 11) is 1.90. The first-order valence-corrected chi connectivity index (χ1v) is 9.32. The Labute approximate surface area is 146 Å². The molecule has 4 heteroatoms. The molecule has 0 saturated heterocycles. The minimum atomic E-state index is 0.0386. The van der Waals surface area contributed by atoms with Crippen LogP contribution in [0.5, 0.6) is 0 Å². The number of carbonyl (C=O) groups is 1. The van der Waals surface area contributed by atoms with Crippen molar-refractivity contribution >= 4 is 6.03 Å². The lowest BCUT2D eigenvalue weighted by atomic mass is 9.89. The van der Waals surface area contributed by atoms with Gasteiger partial charge in [-0.1, -0.05) is 49.6 Å². The number of urea groups is 1. The third-order valence-corrected chi connectivity index (χ3v) is 4.84. The number of nitrogens with one attached hydrogen (secondary N) is 1. The molecule has 0 heterocycles. The Morgan fingerprint density at radius 2 is 1.96 bits per heavy atom. The standard InChI is InChI=1S/C20H32N2O2/c1-17(19-12-7-4-8-13-19)24-15-9-14-21-20(23)22(2)16-18-10-5-3-6-11-18/h4,7-8,12-13,17-18H,3,5-6,9-11,14-16H2,1-2H3,(H,21,23). The van der Waals surface area contributed by atoms with Gasteiger partial charge in [-0.15, -0.1) is 0 Å². The maximum absolute atomic E-state index is 12.1. The molecule has 4 nitrogen and oxygen atoms in total. The van der Waals surface area contributed by atoms with Crippen molar-refractivity contribution in [3.05, 3.63) is 35.9 Å². The molecule has 1 aromatic carbocycles. The number of nitrogens with zero attached hydrogens (tertiary/aromatic N) is 1. The fourth-order valence-corrected chi connectivity index (χ4v) is 3.32. The number of rotatable bonds is 8. The molecule has 1 unspecified atom stereocenters. The molecular weight excluding hydrogens is 300 g/mol. The van der Waals surface area contributed by atoms with E-state index in [0.717, 1.165) is 13.0 Å². The average Bonchev–Trinajstić information content (AvgIpc) is 2.62. The topological polar surface area (TPSA) is 41.6 Å². The summed E-state index contributed by atoms with van der Waals surface area (Å²) < 4.78 is 5.83. The molecule has 1 atom stereocenters. The number of ether oxygens (including phenoxy) is 1. The summed E-state index contributed by atoms with van der Waals surface area (Å²) in [6.07, 6.45) is 7.45. The van der Waals surface area contributed by atoms with Gasteiger partial charge in [0.05, 0.1) is 6.10 Å².